The summed E-state index contributed by atoms with van der Waals surface area (Å²) < 4.78 is 0. The molecule has 3 nitrogen and oxygen atoms in total. The first-order chi connectivity index (χ1) is 6.40. The number of amides is 1. The van der Waals surface area contributed by atoms with Gasteiger partial charge in [0, 0.05) is 6.54 Å². The van der Waals surface area contributed by atoms with Gasteiger partial charge in [0.25, 0.3) is 5.91 Å². The van der Waals surface area contributed by atoms with Crippen LogP contribution >= 0.6 is 11.3 Å². The summed E-state index contributed by atoms with van der Waals surface area (Å²) in [6, 6.07) is 1.75. The van der Waals surface area contributed by atoms with E-state index >= 15 is 0 Å². The van der Waals surface area contributed by atoms with Gasteiger partial charge in [-0.1, -0.05) is 20.8 Å². The summed E-state index contributed by atoms with van der Waals surface area (Å²) in [5.74, 6) is -0.0765. The normalized spacial score (nSPS) is 11.4. The monoisotopic (exact) mass is 212 g/mol. The predicted octanol–water partition coefficient (Wildman–Crippen LogP) is 2.11. The van der Waals surface area contributed by atoms with Gasteiger partial charge in [-0.15, -0.1) is 11.3 Å². The summed E-state index contributed by atoms with van der Waals surface area (Å²) in [7, 11) is 0. The fourth-order valence-electron chi connectivity index (χ4n) is 0.929. The Morgan fingerprint density at radius 3 is 2.64 bits per heavy atom. The topological polar surface area (TPSA) is 55.1 Å². The minimum absolute atomic E-state index is 0.0765. The van der Waals surface area contributed by atoms with Gasteiger partial charge in [0.15, 0.2) is 0 Å². The van der Waals surface area contributed by atoms with E-state index in [0.717, 1.165) is 0 Å². The molecule has 0 bridgehead atoms. The molecule has 1 rings (SSSR count). The van der Waals surface area contributed by atoms with Crippen molar-refractivity contribution in [2.45, 2.75) is 20.8 Å². The van der Waals surface area contributed by atoms with E-state index in [4.69, 9.17) is 5.73 Å². The van der Waals surface area contributed by atoms with Gasteiger partial charge >= 0.3 is 0 Å². The Labute approximate surface area is 88.3 Å². The van der Waals surface area contributed by atoms with Crippen LogP contribution in [0.1, 0.15) is 30.4 Å². The molecule has 78 valence electrons. The van der Waals surface area contributed by atoms with Crippen molar-refractivity contribution in [3.8, 4) is 0 Å². The van der Waals surface area contributed by atoms with Crippen molar-refractivity contribution in [3.05, 3.63) is 16.3 Å². The molecule has 0 aliphatic heterocycles. The predicted molar refractivity (Wildman–Crippen MR) is 60.5 cm³/mol. The highest BCUT2D eigenvalue weighted by Gasteiger charge is 2.15. The average Bonchev–Trinajstić information content (AvgIpc) is 2.46. The fourth-order valence-corrected chi connectivity index (χ4v) is 1.66. The standard InChI is InChI=1S/C10H16N2OS/c1-10(2,3)6-12-9(13)8-7(11)4-5-14-8/h4-5H,6,11H2,1-3H3,(H,12,13). The molecule has 1 aromatic rings. The first-order valence-corrected chi connectivity index (χ1v) is 5.39. The van der Waals surface area contributed by atoms with Gasteiger partial charge in [-0.2, -0.15) is 0 Å². The number of thiophene rings is 1. The molecular weight excluding hydrogens is 196 g/mol. The number of nitrogens with one attached hydrogen (secondary N) is 1. The number of nitrogens with two attached hydrogens (primary N) is 1. The maximum atomic E-state index is 11.6. The molecule has 0 aromatic carbocycles. The lowest BCUT2D eigenvalue weighted by Crippen LogP contribution is -2.32. The molecule has 0 fully saturated rings. The van der Waals surface area contributed by atoms with Crippen LogP contribution in [0.3, 0.4) is 0 Å². The molecular formula is C10H16N2OS. The summed E-state index contributed by atoms with van der Waals surface area (Å²) in [6.45, 7) is 6.88. The SMILES string of the molecule is CC(C)(C)CNC(=O)c1sccc1N. The number of hydrogen-bond acceptors (Lipinski definition) is 3. The highest BCUT2D eigenvalue weighted by Crippen LogP contribution is 2.19. The van der Waals surface area contributed by atoms with Crippen LogP contribution in [0.4, 0.5) is 5.69 Å². The average molecular weight is 212 g/mol. The minimum atomic E-state index is -0.0765. The maximum absolute atomic E-state index is 11.6. The van der Waals surface area contributed by atoms with Crippen molar-refractivity contribution in [1.29, 1.82) is 0 Å². The second kappa shape index (κ2) is 4.00. The molecule has 0 spiro atoms. The molecule has 0 aliphatic rings. The number of anilines is 1. The number of rotatable bonds is 2. The highest BCUT2D eigenvalue weighted by atomic mass is 32.1. The zero-order valence-corrected chi connectivity index (χ0v) is 9.57. The Kier molecular flexibility index (Phi) is 3.16. The first kappa shape index (κ1) is 11.0. The van der Waals surface area contributed by atoms with Crippen LogP contribution in [0.2, 0.25) is 0 Å². The summed E-state index contributed by atoms with van der Waals surface area (Å²) in [6.07, 6.45) is 0. The van der Waals surface area contributed by atoms with E-state index in [0.29, 0.717) is 17.1 Å². The molecule has 1 heterocycles. The first-order valence-electron chi connectivity index (χ1n) is 4.51. The largest absolute Gasteiger partial charge is 0.397 e. The van der Waals surface area contributed by atoms with Gasteiger partial charge in [0.1, 0.15) is 4.88 Å². The maximum Gasteiger partial charge on any atom is 0.263 e. The zero-order chi connectivity index (χ0) is 10.8. The van der Waals surface area contributed by atoms with Crippen LogP contribution in [-0.4, -0.2) is 12.5 Å². The third-order valence-corrected chi connectivity index (χ3v) is 2.61. The molecule has 0 unspecified atom stereocenters. The highest BCUT2D eigenvalue weighted by molar-refractivity contribution is 7.12. The minimum Gasteiger partial charge on any atom is -0.397 e. The Balaban J connectivity index is 2.56. The van der Waals surface area contributed by atoms with E-state index in [1.54, 1.807) is 6.07 Å². The van der Waals surface area contributed by atoms with Gasteiger partial charge in [0.2, 0.25) is 0 Å². The van der Waals surface area contributed by atoms with Crippen molar-refractivity contribution in [3.63, 3.8) is 0 Å². The number of nitrogen functional groups attached to an aromatic ring is 1. The fraction of sp³-hybridized carbons (Fsp3) is 0.500. The van der Waals surface area contributed by atoms with E-state index < -0.39 is 0 Å². The lowest BCUT2D eigenvalue weighted by molar-refractivity contribution is 0.0944. The summed E-state index contributed by atoms with van der Waals surface area (Å²) in [4.78, 5) is 12.2. The lowest BCUT2D eigenvalue weighted by atomic mass is 9.97. The molecule has 3 N–H and O–H groups in total. The van der Waals surface area contributed by atoms with Gasteiger partial charge in [-0.3, -0.25) is 4.79 Å². The summed E-state index contributed by atoms with van der Waals surface area (Å²) in [5, 5.41) is 4.68. The van der Waals surface area contributed by atoms with Gasteiger partial charge in [0.05, 0.1) is 5.69 Å². The molecule has 0 saturated heterocycles. The molecule has 1 aromatic heterocycles. The molecule has 0 radical (unpaired) electrons. The number of carbonyl (C=O) groups excluding carboxylic acids is 1. The second-order valence-corrected chi connectivity index (χ2v) is 5.36. The zero-order valence-electron chi connectivity index (χ0n) is 8.76. The van der Waals surface area contributed by atoms with Gasteiger partial charge in [-0.25, -0.2) is 0 Å². The Morgan fingerprint density at radius 2 is 2.21 bits per heavy atom. The lowest BCUT2D eigenvalue weighted by Gasteiger charge is -2.18. The molecule has 14 heavy (non-hydrogen) atoms. The van der Waals surface area contributed by atoms with Crippen LogP contribution in [-0.2, 0) is 0 Å². The van der Waals surface area contributed by atoms with Crippen LogP contribution in [0.15, 0.2) is 11.4 Å². The Hall–Kier alpha value is -1.03. The van der Waals surface area contributed by atoms with E-state index in [1.165, 1.54) is 11.3 Å². The van der Waals surface area contributed by atoms with Crippen molar-refractivity contribution < 1.29 is 4.79 Å². The third-order valence-electron chi connectivity index (χ3n) is 1.68. The Bertz CT molecular complexity index is 325. The Morgan fingerprint density at radius 1 is 1.57 bits per heavy atom. The van der Waals surface area contributed by atoms with E-state index in [9.17, 15) is 4.79 Å². The quantitative estimate of drug-likeness (QED) is 0.788. The van der Waals surface area contributed by atoms with Crippen LogP contribution in [0.5, 0.6) is 0 Å². The van der Waals surface area contributed by atoms with Crippen molar-refractivity contribution >= 4 is 22.9 Å². The number of carbonyl (C=O) groups is 1. The van der Waals surface area contributed by atoms with Crippen LogP contribution in [0.25, 0.3) is 0 Å². The van der Waals surface area contributed by atoms with Gasteiger partial charge in [-0.05, 0) is 16.9 Å². The van der Waals surface area contributed by atoms with Crippen molar-refractivity contribution in [2.75, 3.05) is 12.3 Å². The molecule has 0 atom stereocenters. The molecule has 1 amide bonds. The molecule has 0 saturated carbocycles. The third kappa shape index (κ3) is 3.03. The van der Waals surface area contributed by atoms with E-state index in [1.807, 2.05) is 5.38 Å². The van der Waals surface area contributed by atoms with Crippen molar-refractivity contribution in [1.82, 2.24) is 5.32 Å². The van der Waals surface area contributed by atoms with E-state index in [-0.39, 0.29) is 11.3 Å². The summed E-state index contributed by atoms with van der Waals surface area (Å²) >= 11 is 1.37. The van der Waals surface area contributed by atoms with Crippen LogP contribution < -0.4 is 11.1 Å². The van der Waals surface area contributed by atoms with Crippen molar-refractivity contribution in [2.24, 2.45) is 5.41 Å². The summed E-state index contributed by atoms with van der Waals surface area (Å²) in [5.41, 5.74) is 6.29. The van der Waals surface area contributed by atoms with E-state index in [2.05, 4.69) is 26.1 Å². The smallest absolute Gasteiger partial charge is 0.263 e. The molecule has 0 aliphatic carbocycles. The van der Waals surface area contributed by atoms with Crippen LogP contribution in [0, 0.1) is 5.41 Å². The second-order valence-electron chi connectivity index (χ2n) is 4.45. The van der Waals surface area contributed by atoms with Gasteiger partial charge < -0.3 is 11.1 Å². The molecule has 4 heteroatoms. The number of hydrogen-bond donors (Lipinski definition) is 2.